The number of hydrogen-bond acceptors (Lipinski definition) is 3. The van der Waals surface area contributed by atoms with Gasteiger partial charge in [0.2, 0.25) is 0 Å². The van der Waals surface area contributed by atoms with Gasteiger partial charge in [-0.25, -0.2) is 0 Å². The Morgan fingerprint density at radius 1 is 1.43 bits per heavy atom. The van der Waals surface area contributed by atoms with Crippen LogP contribution in [0.2, 0.25) is 0 Å². The van der Waals surface area contributed by atoms with Crippen LogP contribution in [0.3, 0.4) is 0 Å². The van der Waals surface area contributed by atoms with Crippen LogP contribution in [-0.2, 0) is 0 Å². The molecule has 0 amide bonds. The quantitative estimate of drug-likeness (QED) is 0.712. The molecule has 0 aliphatic carbocycles. The number of nitrogens with two attached hydrogens (primary N) is 1. The maximum atomic E-state index is 5.84. The first-order valence-corrected chi connectivity index (χ1v) is 5.72. The van der Waals surface area contributed by atoms with Crippen molar-refractivity contribution in [1.82, 2.24) is 9.80 Å². The fourth-order valence-electron chi connectivity index (χ4n) is 2.25. The van der Waals surface area contributed by atoms with E-state index >= 15 is 0 Å². The zero-order chi connectivity index (χ0) is 10.7. The normalized spacial score (nSPS) is 32.1. The third-order valence-electron chi connectivity index (χ3n) is 3.46. The van der Waals surface area contributed by atoms with E-state index in [1.165, 1.54) is 13.0 Å². The molecule has 2 atom stereocenters. The van der Waals surface area contributed by atoms with Gasteiger partial charge in [0.1, 0.15) is 0 Å². The molecule has 0 spiro atoms. The van der Waals surface area contributed by atoms with Gasteiger partial charge in [0.05, 0.1) is 0 Å². The van der Waals surface area contributed by atoms with Crippen LogP contribution >= 0.6 is 0 Å². The summed E-state index contributed by atoms with van der Waals surface area (Å²) in [6.07, 6.45) is 1.26. The van der Waals surface area contributed by atoms with Gasteiger partial charge >= 0.3 is 0 Å². The average molecular weight is 199 g/mol. The molecule has 0 aromatic heterocycles. The summed E-state index contributed by atoms with van der Waals surface area (Å²) in [6.45, 7) is 9.89. The average Bonchev–Trinajstić information content (AvgIpc) is 2.27. The minimum absolute atomic E-state index is 0.532. The van der Waals surface area contributed by atoms with Gasteiger partial charge in [-0.15, -0.1) is 0 Å². The van der Waals surface area contributed by atoms with Gasteiger partial charge < -0.3 is 10.6 Å². The summed E-state index contributed by atoms with van der Waals surface area (Å²) in [5, 5.41) is 0. The smallest absolute Gasteiger partial charge is 0.0348 e. The Morgan fingerprint density at radius 2 is 2.07 bits per heavy atom. The lowest BCUT2D eigenvalue weighted by atomic mass is 10.2. The molecule has 1 saturated heterocycles. The molecule has 1 fully saturated rings. The lowest BCUT2D eigenvalue weighted by molar-refractivity contribution is 0.152. The monoisotopic (exact) mass is 199 g/mol. The van der Waals surface area contributed by atoms with Crippen LogP contribution in [0.15, 0.2) is 0 Å². The second kappa shape index (κ2) is 5.10. The highest BCUT2D eigenvalue weighted by atomic mass is 15.3. The van der Waals surface area contributed by atoms with Gasteiger partial charge in [0, 0.05) is 37.8 Å². The van der Waals surface area contributed by atoms with Gasteiger partial charge in [0.15, 0.2) is 0 Å². The summed E-state index contributed by atoms with van der Waals surface area (Å²) < 4.78 is 0. The summed E-state index contributed by atoms with van der Waals surface area (Å²) >= 11 is 0. The van der Waals surface area contributed by atoms with Crippen molar-refractivity contribution in [3.05, 3.63) is 0 Å². The number of hydrogen-bond donors (Lipinski definition) is 1. The zero-order valence-corrected chi connectivity index (χ0v) is 10.0. The molecule has 14 heavy (non-hydrogen) atoms. The van der Waals surface area contributed by atoms with Gasteiger partial charge in [-0.3, -0.25) is 4.90 Å². The van der Waals surface area contributed by atoms with Gasteiger partial charge in [-0.2, -0.15) is 0 Å². The van der Waals surface area contributed by atoms with Crippen LogP contribution in [0.1, 0.15) is 27.2 Å². The fraction of sp³-hybridized carbons (Fsp3) is 1.00. The largest absolute Gasteiger partial charge is 0.329 e. The van der Waals surface area contributed by atoms with Crippen molar-refractivity contribution in [3.8, 4) is 0 Å². The lowest BCUT2D eigenvalue weighted by Gasteiger charge is -2.33. The number of rotatable bonds is 2. The van der Waals surface area contributed by atoms with E-state index in [0.717, 1.165) is 13.1 Å². The van der Waals surface area contributed by atoms with E-state index in [-0.39, 0.29) is 0 Å². The van der Waals surface area contributed by atoms with Crippen LogP contribution in [0, 0.1) is 0 Å². The first kappa shape index (κ1) is 12.0. The van der Waals surface area contributed by atoms with Crippen LogP contribution in [0.4, 0.5) is 0 Å². The number of nitrogens with zero attached hydrogens (tertiary/aromatic N) is 2. The molecule has 1 heterocycles. The summed E-state index contributed by atoms with van der Waals surface area (Å²) in [7, 11) is 2.21. The highest BCUT2D eigenvalue weighted by Gasteiger charge is 2.26. The molecular weight excluding hydrogens is 174 g/mol. The SMILES string of the molecule is CC1CCN(C(C)C)C(CN)CN1C. The Kier molecular flexibility index (Phi) is 4.35. The Morgan fingerprint density at radius 3 is 2.57 bits per heavy atom. The van der Waals surface area contributed by atoms with Crippen molar-refractivity contribution in [3.63, 3.8) is 0 Å². The third-order valence-corrected chi connectivity index (χ3v) is 3.46. The maximum Gasteiger partial charge on any atom is 0.0348 e. The Balaban J connectivity index is 2.66. The van der Waals surface area contributed by atoms with E-state index in [4.69, 9.17) is 5.73 Å². The van der Waals surface area contributed by atoms with Gasteiger partial charge in [0.25, 0.3) is 0 Å². The highest BCUT2D eigenvalue weighted by molar-refractivity contribution is 4.84. The van der Waals surface area contributed by atoms with Crippen molar-refractivity contribution in [2.24, 2.45) is 5.73 Å². The molecule has 3 heteroatoms. The van der Waals surface area contributed by atoms with Crippen LogP contribution in [-0.4, -0.2) is 54.6 Å². The summed E-state index contributed by atoms with van der Waals surface area (Å²) in [5.41, 5.74) is 5.84. The van der Waals surface area contributed by atoms with Gasteiger partial charge in [-0.05, 0) is 34.2 Å². The van der Waals surface area contributed by atoms with Crippen LogP contribution in [0.5, 0.6) is 0 Å². The molecule has 0 radical (unpaired) electrons. The van der Waals surface area contributed by atoms with Gasteiger partial charge in [-0.1, -0.05) is 0 Å². The molecular formula is C11H25N3. The Hall–Kier alpha value is -0.120. The van der Waals surface area contributed by atoms with Crippen molar-refractivity contribution < 1.29 is 0 Å². The molecule has 1 rings (SSSR count). The fourth-order valence-corrected chi connectivity index (χ4v) is 2.25. The van der Waals surface area contributed by atoms with E-state index in [1.54, 1.807) is 0 Å². The van der Waals surface area contributed by atoms with E-state index in [2.05, 4.69) is 37.6 Å². The molecule has 1 aliphatic heterocycles. The summed E-state index contributed by atoms with van der Waals surface area (Å²) in [6, 6.07) is 1.83. The zero-order valence-electron chi connectivity index (χ0n) is 10.0. The molecule has 0 aromatic carbocycles. The van der Waals surface area contributed by atoms with Crippen molar-refractivity contribution in [1.29, 1.82) is 0 Å². The molecule has 1 aliphatic rings. The molecule has 0 bridgehead atoms. The van der Waals surface area contributed by atoms with Crippen molar-refractivity contribution >= 4 is 0 Å². The lowest BCUT2D eigenvalue weighted by Crippen LogP contribution is -2.48. The molecule has 84 valence electrons. The minimum atomic E-state index is 0.532. The molecule has 0 aromatic rings. The maximum absolute atomic E-state index is 5.84. The Labute approximate surface area is 88.2 Å². The van der Waals surface area contributed by atoms with Crippen molar-refractivity contribution in [2.45, 2.75) is 45.3 Å². The second-order valence-corrected chi connectivity index (χ2v) is 4.80. The van der Waals surface area contributed by atoms with E-state index in [0.29, 0.717) is 18.1 Å². The minimum Gasteiger partial charge on any atom is -0.329 e. The molecule has 3 nitrogen and oxygen atoms in total. The van der Waals surface area contributed by atoms with E-state index in [1.807, 2.05) is 0 Å². The highest BCUT2D eigenvalue weighted by Crippen LogP contribution is 2.15. The van der Waals surface area contributed by atoms with E-state index in [9.17, 15) is 0 Å². The number of likely N-dealkylation sites (N-methyl/N-ethyl adjacent to an activating group) is 1. The molecule has 0 saturated carbocycles. The predicted octanol–water partition coefficient (Wildman–Crippen LogP) is 0.748. The van der Waals surface area contributed by atoms with Crippen LogP contribution in [0.25, 0.3) is 0 Å². The predicted molar refractivity (Wildman–Crippen MR) is 61.4 cm³/mol. The van der Waals surface area contributed by atoms with E-state index < -0.39 is 0 Å². The van der Waals surface area contributed by atoms with Crippen molar-refractivity contribution in [2.75, 3.05) is 26.7 Å². The summed E-state index contributed by atoms with van der Waals surface area (Å²) in [4.78, 5) is 4.97. The third kappa shape index (κ3) is 2.69. The first-order chi connectivity index (χ1) is 6.56. The topological polar surface area (TPSA) is 32.5 Å². The van der Waals surface area contributed by atoms with Crippen LogP contribution < -0.4 is 5.73 Å². The first-order valence-electron chi connectivity index (χ1n) is 5.72. The second-order valence-electron chi connectivity index (χ2n) is 4.80. The Bertz CT molecular complexity index is 170. The molecule has 2 N–H and O–H groups in total. The standard InChI is InChI=1S/C11H25N3/c1-9(2)14-6-5-10(3)13(4)8-11(14)7-12/h9-11H,5-8,12H2,1-4H3. The molecule has 2 unspecified atom stereocenters. The summed E-state index contributed by atoms with van der Waals surface area (Å²) in [5.74, 6) is 0.